The van der Waals surface area contributed by atoms with Gasteiger partial charge in [0.1, 0.15) is 0 Å². The lowest BCUT2D eigenvalue weighted by Gasteiger charge is -2.17. The number of nitrogens with one attached hydrogen (secondary N) is 1. The fourth-order valence-electron chi connectivity index (χ4n) is 2.65. The van der Waals surface area contributed by atoms with E-state index in [2.05, 4.69) is 16.8 Å². The molecule has 0 aliphatic heterocycles. The van der Waals surface area contributed by atoms with Gasteiger partial charge in [0.2, 0.25) is 0 Å². The molecular formula is C16H21F3N2. The molecule has 0 aliphatic rings. The molecule has 5 heteroatoms. The Morgan fingerprint density at radius 1 is 1.14 bits per heavy atom. The molecule has 0 saturated heterocycles. The van der Waals surface area contributed by atoms with Gasteiger partial charge in [-0.3, -0.25) is 0 Å². The third-order valence-electron chi connectivity index (χ3n) is 3.77. The largest absolute Gasteiger partial charge is 0.416 e. The summed E-state index contributed by atoms with van der Waals surface area (Å²) < 4.78 is 40.6. The average molecular weight is 298 g/mol. The Morgan fingerprint density at radius 2 is 1.81 bits per heavy atom. The molecule has 1 aromatic heterocycles. The second kappa shape index (κ2) is 5.72. The van der Waals surface area contributed by atoms with E-state index in [0.29, 0.717) is 5.39 Å². The minimum absolute atomic E-state index is 0.207. The molecule has 0 aliphatic carbocycles. The third kappa shape index (κ3) is 3.23. The van der Waals surface area contributed by atoms with Crippen LogP contribution in [0.3, 0.4) is 0 Å². The van der Waals surface area contributed by atoms with Gasteiger partial charge < -0.3 is 9.88 Å². The number of aromatic nitrogens is 1. The van der Waals surface area contributed by atoms with Crippen molar-refractivity contribution in [3.8, 4) is 0 Å². The van der Waals surface area contributed by atoms with Gasteiger partial charge in [0.15, 0.2) is 0 Å². The first-order valence-corrected chi connectivity index (χ1v) is 7.12. The Morgan fingerprint density at radius 3 is 2.33 bits per heavy atom. The van der Waals surface area contributed by atoms with E-state index in [1.807, 2.05) is 27.0 Å². The second-order valence-corrected chi connectivity index (χ2v) is 5.76. The lowest BCUT2D eigenvalue weighted by Crippen LogP contribution is -2.25. The maximum Gasteiger partial charge on any atom is 0.416 e. The minimum atomic E-state index is -4.30. The topological polar surface area (TPSA) is 17.0 Å². The van der Waals surface area contributed by atoms with E-state index in [1.165, 1.54) is 6.07 Å². The molecule has 0 bridgehead atoms. The van der Waals surface area contributed by atoms with Crippen LogP contribution in [0.2, 0.25) is 0 Å². The normalized spacial score (nSPS) is 14.1. The number of hydrogen-bond donors (Lipinski definition) is 1. The summed E-state index contributed by atoms with van der Waals surface area (Å²) in [6.07, 6.45) is -3.52. The molecule has 0 spiro atoms. The van der Waals surface area contributed by atoms with Crippen molar-refractivity contribution in [2.24, 2.45) is 0 Å². The summed E-state index contributed by atoms with van der Waals surface area (Å²) in [4.78, 5) is 0. The molecule has 2 aromatic rings. The van der Waals surface area contributed by atoms with Crippen molar-refractivity contribution >= 4 is 10.9 Å². The second-order valence-electron chi connectivity index (χ2n) is 5.76. The van der Waals surface area contributed by atoms with Crippen LogP contribution in [-0.2, 0) is 12.6 Å². The molecule has 0 radical (unpaired) electrons. The van der Waals surface area contributed by atoms with Crippen molar-refractivity contribution < 1.29 is 13.2 Å². The standard InChI is InChI=1S/C16H21F3N2/c1-10(2)21-14(7-11(3)20-4)9-12-8-13(16(17,18)19)5-6-15(12)21/h5-6,8-11,20H,7H2,1-4H3. The molecule has 1 N–H and O–H groups in total. The molecule has 2 nitrogen and oxygen atoms in total. The number of nitrogens with zero attached hydrogens (tertiary/aromatic N) is 1. The van der Waals surface area contributed by atoms with Crippen LogP contribution < -0.4 is 5.32 Å². The highest BCUT2D eigenvalue weighted by Crippen LogP contribution is 2.33. The molecule has 0 saturated carbocycles. The van der Waals surface area contributed by atoms with E-state index in [9.17, 15) is 13.2 Å². The predicted molar refractivity (Wildman–Crippen MR) is 79.6 cm³/mol. The van der Waals surface area contributed by atoms with Crippen LogP contribution >= 0.6 is 0 Å². The maximum absolute atomic E-state index is 12.8. The smallest absolute Gasteiger partial charge is 0.342 e. The summed E-state index contributed by atoms with van der Waals surface area (Å²) in [5.74, 6) is 0. The van der Waals surface area contributed by atoms with Crippen LogP contribution in [0.1, 0.15) is 38.1 Å². The van der Waals surface area contributed by atoms with Crippen LogP contribution in [0.15, 0.2) is 24.3 Å². The quantitative estimate of drug-likeness (QED) is 0.885. The van der Waals surface area contributed by atoms with E-state index >= 15 is 0 Å². The van der Waals surface area contributed by atoms with E-state index < -0.39 is 11.7 Å². The molecule has 2 rings (SSSR count). The summed E-state index contributed by atoms with van der Waals surface area (Å²) in [5, 5.41) is 3.82. The summed E-state index contributed by atoms with van der Waals surface area (Å²) >= 11 is 0. The van der Waals surface area contributed by atoms with Gasteiger partial charge in [0.05, 0.1) is 5.56 Å². The highest BCUT2D eigenvalue weighted by Gasteiger charge is 2.30. The van der Waals surface area contributed by atoms with Gasteiger partial charge in [-0.25, -0.2) is 0 Å². The van der Waals surface area contributed by atoms with E-state index in [4.69, 9.17) is 0 Å². The highest BCUT2D eigenvalue weighted by molar-refractivity contribution is 5.82. The fourth-order valence-corrected chi connectivity index (χ4v) is 2.65. The zero-order valence-electron chi connectivity index (χ0n) is 12.8. The number of fused-ring (bicyclic) bond motifs is 1. The van der Waals surface area contributed by atoms with Gasteiger partial charge in [-0.15, -0.1) is 0 Å². The van der Waals surface area contributed by atoms with Crippen LogP contribution in [0, 0.1) is 0 Å². The Labute approximate surface area is 122 Å². The summed E-state index contributed by atoms with van der Waals surface area (Å²) in [6.45, 7) is 6.15. The summed E-state index contributed by atoms with van der Waals surface area (Å²) in [5.41, 5.74) is 1.32. The Bertz CT molecular complexity index is 626. The Balaban J connectivity index is 2.56. The molecule has 1 heterocycles. The first-order valence-electron chi connectivity index (χ1n) is 7.12. The molecule has 1 unspecified atom stereocenters. The van der Waals surface area contributed by atoms with Crippen LogP contribution in [0.4, 0.5) is 13.2 Å². The molecule has 1 atom stereocenters. The van der Waals surface area contributed by atoms with Gasteiger partial charge >= 0.3 is 6.18 Å². The monoisotopic (exact) mass is 298 g/mol. The van der Waals surface area contributed by atoms with Crippen molar-refractivity contribution in [1.82, 2.24) is 9.88 Å². The molecular weight excluding hydrogens is 277 g/mol. The Hall–Kier alpha value is -1.49. The van der Waals surface area contributed by atoms with E-state index in [0.717, 1.165) is 23.7 Å². The zero-order chi connectivity index (χ0) is 15.8. The first-order chi connectivity index (χ1) is 9.74. The van der Waals surface area contributed by atoms with Gasteiger partial charge in [-0.2, -0.15) is 13.2 Å². The highest BCUT2D eigenvalue weighted by atomic mass is 19.4. The van der Waals surface area contributed by atoms with Crippen molar-refractivity contribution in [1.29, 1.82) is 0 Å². The van der Waals surface area contributed by atoms with Gasteiger partial charge in [-0.05, 0) is 52.1 Å². The molecule has 116 valence electrons. The summed E-state index contributed by atoms with van der Waals surface area (Å²) in [6, 6.07) is 6.32. The average Bonchev–Trinajstić information content (AvgIpc) is 2.74. The predicted octanol–water partition coefficient (Wildman–Crippen LogP) is 4.39. The number of benzene rings is 1. The van der Waals surface area contributed by atoms with Crippen LogP contribution in [0.5, 0.6) is 0 Å². The first kappa shape index (κ1) is 15.9. The van der Waals surface area contributed by atoms with Gasteiger partial charge in [-0.1, -0.05) is 0 Å². The van der Waals surface area contributed by atoms with Crippen molar-refractivity contribution in [3.05, 3.63) is 35.5 Å². The summed E-state index contributed by atoms with van der Waals surface area (Å²) in [7, 11) is 1.88. The van der Waals surface area contributed by atoms with Gasteiger partial charge in [0, 0.05) is 35.1 Å². The van der Waals surface area contributed by atoms with Crippen LogP contribution in [-0.4, -0.2) is 17.7 Å². The third-order valence-corrected chi connectivity index (χ3v) is 3.77. The van der Waals surface area contributed by atoms with Gasteiger partial charge in [0.25, 0.3) is 0 Å². The van der Waals surface area contributed by atoms with Crippen molar-refractivity contribution in [2.75, 3.05) is 7.05 Å². The van der Waals surface area contributed by atoms with Crippen molar-refractivity contribution in [3.63, 3.8) is 0 Å². The number of rotatable bonds is 4. The number of alkyl halides is 3. The minimum Gasteiger partial charge on any atom is -0.342 e. The number of halogens is 3. The molecule has 0 fully saturated rings. The van der Waals surface area contributed by atoms with E-state index in [1.54, 1.807) is 6.07 Å². The maximum atomic E-state index is 12.8. The van der Waals surface area contributed by atoms with Crippen molar-refractivity contribution in [2.45, 2.75) is 45.5 Å². The molecule has 1 aromatic carbocycles. The Kier molecular flexibility index (Phi) is 4.33. The SMILES string of the molecule is CNC(C)Cc1cc2cc(C(F)(F)F)ccc2n1C(C)C. The van der Waals surface area contributed by atoms with E-state index in [-0.39, 0.29) is 12.1 Å². The number of likely N-dealkylation sites (N-methyl/N-ethyl adjacent to an activating group) is 1. The zero-order valence-corrected chi connectivity index (χ0v) is 12.8. The molecule has 21 heavy (non-hydrogen) atoms. The lowest BCUT2D eigenvalue weighted by molar-refractivity contribution is -0.137. The lowest BCUT2D eigenvalue weighted by atomic mass is 10.1. The van der Waals surface area contributed by atoms with Crippen LogP contribution in [0.25, 0.3) is 10.9 Å². The fraction of sp³-hybridized carbons (Fsp3) is 0.500. The molecule has 0 amide bonds. The number of hydrogen-bond acceptors (Lipinski definition) is 1.